The van der Waals surface area contributed by atoms with Crippen molar-refractivity contribution < 1.29 is 13.3 Å². The molecule has 104 valence electrons. The summed E-state index contributed by atoms with van der Waals surface area (Å²) in [6.07, 6.45) is 1.52. The van der Waals surface area contributed by atoms with Crippen LogP contribution < -0.4 is 16.8 Å². The zero-order valence-corrected chi connectivity index (χ0v) is 12.4. The summed E-state index contributed by atoms with van der Waals surface area (Å²) in [7, 11) is -1.19. The molecule has 0 radical (unpaired) electrons. The molecule has 0 aromatic carbocycles. The maximum Gasteiger partial charge on any atom is 0.504 e. The molecule has 0 rings (SSSR count). The molecule has 0 saturated heterocycles. The zero-order chi connectivity index (χ0) is 13.4. The molecule has 0 bridgehead atoms. The first-order valence-electron chi connectivity index (χ1n) is 6.14. The van der Waals surface area contributed by atoms with Gasteiger partial charge in [0.15, 0.2) is 5.85 Å². The monoisotopic (exact) mass is 265 g/mol. The van der Waals surface area contributed by atoms with Gasteiger partial charge < -0.3 is 19.0 Å². The first-order valence-corrected chi connectivity index (χ1v) is 8.07. The van der Waals surface area contributed by atoms with Crippen molar-refractivity contribution in [3.8, 4) is 0 Å². The summed E-state index contributed by atoms with van der Waals surface area (Å²) < 4.78 is 16.9. The van der Waals surface area contributed by atoms with Gasteiger partial charge in [-0.05, 0) is 6.54 Å². The zero-order valence-electron chi connectivity index (χ0n) is 11.4. The Morgan fingerprint density at radius 3 is 2.29 bits per heavy atom. The normalized spacial score (nSPS) is 18.7. The molecule has 6 nitrogen and oxygen atoms in total. The average molecular weight is 265 g/mol. The summed E-state index contributed by atoms with van der Waals surface area (Å²) in [5, 5.41) is 3.10. The van der Waals surface area contributed by atoms with Crippen molar-refractivity contribution in [1.29, 1.82) is 0 Å². The van der Waals surface area contributed by atoms with Crippen LogP contribution in [0.5, 0.6) is 0 Å². The van der Waals surface area contributed by atoms with Crippen LogP contribution in [0.1, 0.15) is 33.6 Å². The van der Waals surface area contributed by atoms with Crippen LogP contribution in [0.2, 0.25) is 6.04 Å². The fourth-order valence-corrected chi connectivity index (χ4v) is 3.95. The highest BCUT2D eigenvalue weighted by Crippen LogP contribution is 2.21. The van der Waals surface area contributed by atoms with Crippen molar-refractivity contribution in [2.45, 2.75) is 45.5 Å². The maximum absolute atomic E-state index is 6.13. The molecule has 0 heterocycles. The highest BCUT2D eigenvalue weighted by atomic mass is 28.4. The molecular formula is C10H27N3O3Si. The van der Waals surface area contributed by atoms with E-state index in [0.717, 1.165) is 6.42 Å². The highest BCUT2D eigenvalue weighted by molar-refractivity contribution is 6.60. The van der Waals surface area contributed by atoms with Crippen molar-refractivity contribution >= 4 is 8.80 Å². The van der Waals surface area contributed by atoms with Gasteiger partial charge in [0, 0.05) is 19.6 Å². The van der Waals surface area contributed by atoms with Crippen molar-refractivity contribution in [3.05, 3.63) is 0 Å². The smallest absolute Gasteiger partial charge is 0.377 e. The highest BCUT2D eigenvalue weighted by Gasteiger charge is 2.45. The van der Waals surface area contributed by atoms with Crippen LogP contribution in [-0.4, -0.2) is 35.0 Å². The maximum atomic E-state index is 6.13. The molecule has 0 saturated carbocycles. The quantitative estimate of drug-likeness (QED) is 0.395. The standard InChI is InChI=1S/C10H27N3O3Si/c1-5-8-17(14-4,15-9-11)16-10(12,6-2)13-7-3/h13H,5-9,11-12H2,1-4H3. The minimum absolute atomic E-state index is 0.0754. The summed E-state index contributed by atoms with van der Waals surface area (Å²) in [5.41, 5.74) is 11.6. The van der Waals surface area contributed by atoms with Gasteiger partial charge in [0.2, 0.25) is 0 Å². The van der Waals surface area contributed by atoms with E-state index in [1.54, 1.807) is 7.11 Å². The fourth-order valence-electron chi connectivity index (χ4n) is 1.60. The molecule has 7 heteroatoms. The molecule has 0 aromatic rings. The first-order chi connectivity index (χ1) is 8.01. The second-order valence-electron chi connectivity index (χ2n) is 3.82. The lowest BCUT2D eigenvalue weighted by molar-refractivity contribution is -0.0441. The molecule has 2 unspecified atom stereocenters. The topological polar surface area (TPSA) is 91.8 Å². The Hall–Kier alpha value is -0.0231. The Labute approximate surface area is 105 Å². The predicted molar refractivity (Wildman–Crippen MR) is 70.0 cm³/mol. The van der Waals surface area contributed by atoms with Gasteiger partial charge in [-0.3, -0.25) is 11.1 Å². The predicted octanol–water partition coefficient (Wildman–Crippen LogP) is 0.563. The molecule has 2 atom stereocenters. The van der Waals surface area contributed by atoms with Crippen LogP contribution in [0, 0.1) is 0 Å². The van der Waals surface area contributed by atoms with Gasteiger partial charge >= 0.3 is 8.80 Å². The van der Waals surface area contributed by atoms with E-state index in [0.29, 0.717) is 19.0 Å². The van der Waals surface area contributed by atoms with Gasteiger partial charge in [-0.2, -0.15) is 0 Å². The van der Waals surface area contributed by atoms with Crippen molar-refractivity contribution in [2.75, 3.05) is 20.4 Å². The molecule has 0 aliphatic heterocycles. The number of rotatable bonds is 10. The van der Waals surface area contributed by atoms with Crippen LogP contribution in [-0.2, 0) is 13.3 Å². The van der Waals surface area contributed by atoms with Crippen molar-refractivity contribution in [1.82, 2.24) is 5.32 Å². The van der Waals surface area contributed by atoms with E-state index in [1.165, 1.54) is 0 Å². The molecule has 0 aliphatic carbocycles. The third-order valence-electron chi connectivity index (χ3n) is 2.51. The van der Waals surface area contributed by atoms with E-state index in [1.807, 2.05) is 20.8 Å². The second-order valence-corrected chi connectivity index (χ2v) is 6.59. The van der Waals surface area contributed by atoms with E-state index in [9.17, 15) is 0 Å². The van der Waals surface area contributed by atoms with Gasteiger partial charge in [0.05, 0.1) is 6.73 Å². The van der Waals surface area contributed by atoms with Gasteiger partial charge in [0.25, 0.3) is 0 Å². The molecule has 0 aromatic heterocycles. The van der Waals surface area contributed by atoms with E-state index < -0.39 is 14.7 Å². The Balaban J connectivity index is 4.79. The third-order valence-corrected chi connectivity index (χ3v) is 5.53. The van der Waals surface area contributed by atoms with Crippen molar-refractivity contribution in [3.63, 3.8) is 0 Å². The van der Waals surface area contributed by atoms with E-state index in [4.69, 9.17) is 24.7 Å². The lowest BCUT2D eigenvalue weighted by Crippen LogP contribution is -2.63. The summed E-state index contributed by atoms with van der Waals surface area (Å²) >= 11 is 0. The third kappa shape index (κ3) is 5.43. The molecular weight excluding hydrogens is 238 g/mol. The Bertz CT molecular complexity index is 203. The summed E-state index contributed by atoms with van der Waals surface area (Å²) in [5.74, 6) is -0.915. The number of hydrogen-bond acceptors (Lipinski definition) is 6. The van der Waals surface area contributed by atoms with Crippen LogP contribution in [0.15, 0.2) is 0 Å². The Morgan fingerprint density at radius 2 is 1.94 bits per heavy atom. The molecule has 0 spiro atoms. The molecule has 5 N–H and O–H groups in total. The van der Waals surface area contributed by atoms with Gasteiger partial charge in [-0.25, -0.2) is 0 Å². The van der Waals surface area contributed by atoms with Crippen LogP contribution in [0.25, 0.3) is 0 Å². The number of hydrogen-bond donors (Lipinski definition) is 3. The summed E-state index contributed by atoms with van der Waals surface area (Å²) in [4.78, 5) is 0. The van der Waals surface area contributed by atoms with Crippen LogP contribution >= 0.6 is 0 Å². The SMILES string of the molecule is CCC[Si](OC)(OCN)OC(N)(CC)NCC. The minimum Gasteiger partial charge on any atom is -0.377 e. The summed E-state index contributed by atoms with van der Waals surface area (Å²) in [6.45, 7) is 6.76. The largest absolute Gasteiger partial charge is 0.504 e. The van der Waals surface area contributed by atoms with E-state index in [-0.39, 0.29) is 6.73 Å². The minimum atomic E-state index is -2.78. The second kappa shape index (κ2) is 8.14. The summed E-state index contributed by atoms with van der Waals surface area (Å²) in [6, 6.07) is 0.699. The lowest BCUT2D eigenvalue weighted by Gasteiger charge is -2.38. The fraction of sp³-hybridized carbons (Fsp3) is 1.00. The lowest BCUT2D eigenvalue weighted by atomic mass is 10.3. The Kier molecular flexibility index (Phi) is 8.13. The van der Waals surface area contributed by atoms with Gasteiger partial charge in [-0.15, -0.1) is 0 Å². The molecule has 0 aliphatic rings. The van der Waals surface area contributed by atoms with Gasteiger partial charge in [0.1, 0.15) is 0 Å². The molecule has 0 amide bonds. The molecule has 0 fully saturated rings. The van der Waals surface area contributed by atoms with Crippen molar-refractivity contribution in [2.24, 2.45) is 11.5 Å². The van der Waals surface area contributed by atoms with Crippen LogP contribution in [0.3, 0.4) is 0 Å². The Morgan fingerprint density at radius 1 is 1.29 bits per heavy atom. The number of nitrogens with two attached hydrogens (primary N) is 2. The number of nitrogens with one attached hydrogen (secondary N) is 1. The van der Waals surface area contributed by atoms with E-state index in [2.05, 4.69) is 5.32 Å². The first kappa shape index (κ1) is 17.0. The van der Waals surface area contributed by atoms with E-state index >= 15 is 0 Å². The average Bonchev–Trinajstić information content (AvgIpc) is 2.30. The van der Waals surface area contributed by atoms with Gasteiger partial charge in [-0.1, -0.05) is 27.2 Å². The van der Waals surface area contributed by atoms with Crippen LogP contribution in [0.4, 0.5) is 0 Å². The molecule has 17 heavy (non-hydrogen) atoms.